The lowest BCUT2D eigenvalue weighted by Gasteiger charge is -2.03. The molecule has 16 heavy (non-hydrogen) atoms. The molecule has 4 nitrogen and oxygen atoms in total. The van der Waals surface area contributed by atoms with E-state index < -0.39 is 0 Å². The van der Waals surface area contributed by atoms with Gasteiger partial charge in [0.05, 0.1) is 9.26 Å². The van der Waals surface area contributed by atoms with E-state index in [4.69, 9.17) is 0 Å². The Hall–Kier alpha value is -1.24. The molecule has 0 amide bonds. The van der Waals surface area contributed by atoms with E-state index in [1.54, 1.807) is 6.20 Å². The molecule has 0 unspecified atom stereocenters. The number of aromatic nitrogens is 3. The van der Waals surface area contributed by atoms with Gasteiger partial charge in [0.15, 0.2) is 0 Å². The molecular weight excluding hydrogens is 317 g/mol. The Morgan fingerprint density at radius 1 is 1.31 bits per heavy atom. The number of nitrogens with zero attached hydrogens (tertiary/aromatic N) is 2. The molecule has 0 atom stereocenters. The lowest BCUT2D eigenvalue weighted by atomic mass is 10.2. The summed E-state index contributed by atoms with van der Waals surface area (Å²) < 4.78 is 0.626. The van der Waals surface area contributed by atoms with Gasteiger partial charge in [-0.2, -0.15) is 0 Å². The van der Waals surface area contributed by atoms with Gasteiger partial charge in [0.2, 0.25) is 0 Å². The van der Waals surface area contributed by atoms with Gasteiger partial charge in [-0.05, 0) is 48.6 Å². The molecule has 2 heterocycles. The van der Waals surface area contributed by atoms with Crippen molar-refractivity contribution in [3.63, 3.8) is 0 Å². The minimum Gasteiger partial charge on any atom is -0.306 e. The highest BCUT2D eigenvalue weighted by molar-refractivity contribution is 14.1. The SMILES string of the molecule is Cc1ccc(-c2nc(C)c(I)c(=O)[nH]2)cn1. The number of hydrogen-bond acceptors (Lipinski definition) is 3. The molecule has 0 aromatic carbocycles. The van der Waals surface area contributed by atoms with Gasteiger partial charge in [0.1, 0.15) is 5.82 Å². The van der Waals surface area contributed by atoms with E-state index in [1.165, 1.54) is 0 Å². The number of nitrogens with one attached hydrogen (secondary N) is 1. The number of pyridine rings is 1. The minimum atomic E-state index is -0.108. The van der Waals surface area contributed by atoms with Gasteiger partial charge in [-0.25, -0.2) is 4.98 Å². The zero-order chi connectivity index (χ0) is 11.7. The molecule has 2 aromatic rings. The number of halogens is 1. The van der Waals surface area contributed by atoms with Gasteiger partial charge >= 0.3 is 0 Å². The zero-order valence-electron chi connectivity index (χ0n) is 8.91. The number of H-pyrrole nitrogens is 1. The van der Waals surface area contributed by atoms with Crippen LogP contribution in [0.15, 0.2) is 23.1 Å². The monoisotopic (exact) mass is 327 g/mol. The zero-order valence-corrected chi connectivity index (χ0v) is 11.1. The number of aromatic amines is 1. The molecule has 0 radical (unpaired) electrons. The molecule has 5 heteroatoms. The largest absolute Gasteiger partial charge is 0.306 e. The maximum absolute atomic E-state index is 11.6. The van der Waals surface area contributed by atoms with Crippen molar-refractivity contribution in [3.8, 4) is 11.4 Å². The maximum atomic E-state index is 11.6. The predicted molar refractivity (Wildman–Crippen MR) is 70.3 cm³/mol. The lowest BCUT2D eigenvalue weighted by Crippen LogP contribution is -2.14. The summed E-state index contributed by atoms with van der Waals surface area (Å²) in [5, 5.41) is 0. The highest BCUT2D eigenvalue weighted by atomic mass is 127. The van der Waals surface area contributed by atoms with Crippen LogP contribution in [0, 0.1) is 17.4 Å². The third-order valence-corrected chi connectivity index (χ3v) is 3.48. The first kappa shape index (κ1) is 11.3. The molecule has 0 bridgehead atoms. The third kappa shape index (κ3) is 2.13. The summed E-state index contributed by atoms with van der Waals surface area (Å²) >= 11 is 1.99. The average Bonchev–Trinajstić information content (AvgIpc) is 2.26. The van der Waals surface area contributed by atoms with Crippen molar-refractivity contribution >= 4 is 22.6 Å². The topological polar surface area (TPSA) is 58.6 Å². The summed E-state index contributed by atoms with van der Waals surface area (Å²) in [5.74, 6) is 0.565. The van der Waals surface area contributed by atoms with Crippen molar-refractivity contribution < 1.29 is 0 Å². The Kier molecular flexibility index (Phi) is 3.04. The normalized spacial score (nSPS) is 10.4. The van der Waals surface area contributed by atoms with E-state index in [9.17, 15) is 4.79 Å². The molecule has 0 fully saturated rings. The van der Waals surface area contributed by atoms with Crippen molar-refractivity contribution in [2.24, 2.45) is 0 Å². The molecule has 0 aliphatic carbocycles. The van der Waals surface area contributed by atoms with Gasteiger partial charge in [-0.3, -0.25) is 9.78 Å². The first-order valence-corrected chi connectivity index (χ1v) is 5.85. The molecule has 2 aromatic heterocycles. The molecule has 0 spiro atoms. The number of hydrogen-bond donors (Lipinski definition) is 1. The van der Waals surface area contributed by atoms with Gasteiger partial charge in [-0.15, -0.1) is 0 Å². The summed E-state index contributed by atoms with van der Waals surface area (Å²) in [6.45, 7) is 3.74. The van der Waals surface area contributed by atoms with Crippen molar-refractivity contribution in [3.05, 3.63) is 43.6 Å². The smallest absolute Gasteiger partial charge is 0.264 e. The van der Waals surface area contributed by atoms with Crippen molar-refractivity contribution in [1.82, 2.24) is 15.0 Å². The molecule has 82 valence electrons. The lowest BCUT2D eigenvalue weighted by molar-refractivity contribution is 1.05. The Morgan fingerprint density at radius 2 is 2.06 bits per heavy atom. The number of rotatable bonds is 1. The van der Waals surface area contributed by atoms with E-state index >= 15 is 0 Å². The van der Waals surface area contributed by atoms with Crippen LogP contribution >= 0.6 is 22.6 Å². The predicted octanol–water partition coefficient (Wildman–Crippen LogP) is 2.05. The van der Waals surface area contributed by atoms with Gasteiger partial charge in [0, 0.05) is 17.5 Å². The summed E-state index contributed by atoms with van der Waals surface area (Å²) in [7, 11) is 0. The molecule has 0 aliphatic heterocycles. The Balaban J connectivity index is 2.57. The third-order valence-electron chi connectivity index (χ3n) is 2.21. The molecule has 0 saturated heterocycles. The van der Waals surface area contributed by atoms with Crippen LogP contribution in [-0.4, -0.2) is 15.0 Å². The summed E-state index contributed by atoms with van der Waals surface area (Å²) in [4.78, 5) is 22.8. The van der Waals surface area contributed by atoms with Crippen molar-refractivity contribution in [1.29, 1.82) is 0 Å². The standard InChI is InChI=1S/C11H10IN3O/c1-6-3-4-8(5-13-6)10-14-7(2)9(12)11(16)15-10/h3-5H,1-2H3,(H,14,15,16). The van der Waals surface area contributed by atoms with E-state index in [2.05, 4.69) is 15.0 Å². The minimum absolute atomic E-state index is 0.108. The van der Waals surface area contributed by atoms with Crippen LogP contribution in [0.2, 0.25) is 0 Å². The van der Waals surface area contributed by atoms with Crippen LogP contribution in [0.25, 0.3) is 11.4 Å². The van der Waals surface area contributed by atoms with E-state index in [0.29, 0.717) is 9.39 Å². The highest BCUT2D eigenvalue weighted by Crippen LogP contribution is 2.14. The van der Waals surface area contributed by atoms with E-state index in [0.717, 1.165) is 17.0 Å². The number of aryl methyl sites for hydroxylation is 2. The second-order valence-electron chi connectivity index (χ2n) is 3.50. The van der Waals surface area contributed by atoms with Gasteiger partial charge < -0.3 is 4.98 Å². The Labute approximate surface area is 106 Å². The van der Waals surface area contributed by atoms with Crippen LogP contribution in [0.4, 0.5) is 0 Å². The second-order valence-corrected chi connectivity index (χ2v) is 4.58. The van der Waals surface area contributed by atoms with Crippen LogP contribution in [0.1, 0.15) is 11.4 Å². The van der Waals surface area contributed by atoms with E-state index in [-0.39, 0.29) is 5.56 Å². The molecule has 2 rings (SSSR count). The fraction of sp³-hybridized carbons (Fsp3) is 0.182. The van der Waals surface area contributed by atoms with Gasteiger partial charge in [0.25, 0.3) is 5.56 Å². The Bertz CT molecular complexity index is 575. The highest BCUT2D eigenvalue weighted by Gasteiger charge is 2.06. The molecular formula is C11H10IN3O. The first-order chi connectivity index (χ1) is 7.58. The average molecular weight is 327 g/mol. The second kappa shape index (κ2) is 4.32. The quantitative estimate of drug-likeness (QED) is 0.816. The van der Waals surface area contributed by atoms with Crippen LogP contribution in [0.3, 0.4) is 0 Å². The fourth-order valence-electron chi connectivity index (χ4n) is 1.32. The van der Waals surface area contributed by atoms with Crippen molar-refractivity contribution in [2.75, 3.05) is 0 Å². The molecule has 1 N–H and O–H groups in total. The maximum Gasteiger partial charge on any atom is 0.264 e. The molecule has 0 aliphatic rings. The molecule has 0 saturated carbocycles. The summed E-state index contributed by atoms with van der Waals surface area (Å²) in [5.41, 5.74) is 2.39. The van der Waals surface area contributed by atoms with E-state index in [1.807, 2.05) is 48.6 Å². The van der Waals surface area contributed by atoms with Crippen LogP contribution < -0.4 is 5.56 Å². The Morgan fingerprint density at radius 3 is 2.62 bits per heavy atom. The van der Waals surface area contributed by atoms with Crippen LogP contribution in [-0.2, 0) is 0 Å². The summed E-state index contributed by atoms with van der Waals surface area (Å²) in [6, 6.07) is 3.79. The van der Waals surface area contributed by atoms with Crippen LogP contribution in [0.5, 0.6) is 0 Å². The fourth-order valence-corrected chi connectivity index (χ4v) is 1.57. The van der Waals surface area contributed by atoms with Gasteiger partial charge in [-0.1, -0.05) is 0 Å². The first-order valence-electron chi connectivity index (χ1n) is 4.77. The summed E-state index contributed by atoms with van der Waals surface area (Å²) in [6.07, 6.45) is 1.71. The van der Waals surface area contributed by atoms with Crippen molar-refractivity contribution in [2.45, 2.75) is 13.8 Å².